The summed E-state index contributed by atoms with van der Waals surface area (Å²) in [5.74, 6) is -1.22. The Bertz CT molecular complexity index is 447. The second-order valence-electron chi connectivity index (χ2n) is 5.03. The molecule has 2 aliphatic rings. The fraction of sp³-hybridized carbons (Fsp3) is 0.900. The zero-order valence-corrected chi connectivity index (χ0v) is 10.3. The van der Waals surface area contributed by atoms with E-state index < -0.39 is 21.3 Å². The molecule has 2 fully saturated rings. The van der Waals surface area contributed by atoms with Gasteiger partial charge in [-0.15, -0.1) is 0 Å². The van der Waals surface area contributed by atoms with Gasteiger partial charge in [-0.3, -0.25) is 4.55 Å². The Morgan fingerprint density at radius 1 is 1.33 bits per heavy atom. The summed E-state index contributed by atoms with van der Waals surface area (Å²) in [5.41, 5.74) is 0. The molecule has 0 aromatic heterocycles. The van der Waals surface area contributed by atoms with E-state index in [0.29, 0.717) is 11.8 Å². The first-order chi connectivity index (χ1) is 8.22. The van der Waals surface area contributed by atoms with Gasteiger partial charge >= 0.3 is 21.3 Å². The van der Waals surface area contributed by atoms with Gasteiger partial charge in [-0.1, -0.05) is 6.42 Å². The van der Waals surface area contributed by atoms with E-state index in [2.05, 4.69) is 4.74 Å². The molecule has 3 unspecified atom stereocenters. The lowest BCUT2D eigenvalue weighted by Gasteiger charge is -2.22. The molecule has 3 atom stereocenters. The van der Waals surface area contributed by atoms with E-state index in [9.17, 15) is 22.0 Å². The molecule has 8 heteroatoms. The van der Waals surface area contributed by atoms with Crippen molar-refractivity contribution in [3.05, 3.63) is 0 Å². The molecule has 2 saturated carbocycles. The van der Waals surface area contributed by atoms with Gasteiger partial charge < -0.3 is 4.74 Å². The molecular formula is C10H14F2O5S. The van der Waals surface area contributed by atoms with Gasteiger partial charge in [0.05, 0.1) is 6.61 Å². The number of ether oxygens (including phenoxy) is 1. The number of hydrogen-bond acceptors (Lipinski definition) is 4. The van der Waals surface area contributed by atoms with Crippen molar-refractivity contribution in [2.75, 3.05) is 6.61 Å². The quantitative estimate of drug-likeness (QED) is 0.624. The number of carbonyl (C=O) groups is 1. The number of halogens is 2. The summed E-state index contributed by atoms with van der Waals surface area (Å²) in [7, 11) is -5.77. The maximum absolute atomic E-state index is 12.9. The van der Waals surface area contributed by atoms with Gasteiger partial charge in [0.2, 0.25) is 0 Å². The molecule has 2 aliphatic carbocycles. The van der Waals surface area contributed by atoms with Crippen LogP contribution in [0.1, 0.15) is 25.7 Å². The Morgan fingerprint density at radius 3 is 2.44 bits per heavy atom. The van der Waals surface area contributed by atoms with E-state index in [4.69, 9.17) is 4.55 Å². The summed E-state index contributed by atoms with van der Waals surface area (Å²) in [5, 5.41) is -4.88. The van der Waals surface area contributed by atoms with Crippen LogP contribution in [0.15, 0.2) is 0 Å². The first-order valence-corrected chi connectivity index (χ1v) is 7.18. The number of alkyl halides is 2. The molecule has 0 saturated heterocycles. The van der Waals surface area contributed by atoms with Crippen LogP contribution in [0.4, 0.5) is 8.78 Å². The third kappa shape index (κ3) is 2.35. The van der Waals surface area contributed by atoms with Crippen LogP contribution in [0, 0.1) is 17.8 Å². The Morgan fingerprint density at radius 2 is 2.00 bits per heavy atom. The summed E-state index contributed by atoms with van der Waals surface area (Å²) in [6.45, 7) is -0.203. The monoisotopic (exact) mass is 284 g/mol. The number of fused-ring (bicyclic) bond motifs is 2. The second kappa shape index (κ2) is 4.41. The minimum absolute atomic E-state index is 0.0323. The molecule has 18 heavy (non-hydrogen) atoms. The molecule has 0 amide bonds. The summed E-state index contributed by atoms with van der Waals surface area (Å²) in [4.78, 5) is 11.0. The van der Waals surface area contributed by atoms with Gasteiger partial charge in [0, 0.05) is 0 Å². The highest BCUT2D eigenvalue weighted by atomic mass is 32.2. The van der Waals surface area contributed by atoms with Crippen LogP contribution in [-0.4, -0.2) is 30.8 Å². The first-order valence-electron chi connectivity index (χ1n) is 5.74. The van der Waals surface area contributed by atoms with Crippen LogP contribution in [0.5, 0.6) is 0 Å². The Kier molecular flexibility index (Phi) is 3.35. The predicted molar refractivity (Wildman–Crippen MR) is 56.4 cm³/mol. The highest BCUT2D eigenvalue weighted by Gasteiger charge is 2.54. The normalized spacial score (nSPS) is 31.6. The number of esters is 1. The van der Waals surface area contributed by atoms with Crippen LogP contribution < -0.4 is 0 Å². The third-order valence-electron chi connectivity index (χ3n) is 3.87. The lowest BCUT2D eigenvalue weighted by molar-refractivity contribution is -0.163. The molecule has 0 aromatic carbocycles. The maximum Gasteiger partial charge on any atom is 0.465 e. The molecule has 0 aliphatic heterocycles. The Hall–Kier alpha value is -0.760. The minimum Gasteiger partial charge on any atom is -0.460 e. The van der Waals surface area contributed by atoms with Crippen molar-refractivity contribution in [3.8, 4) is 0 Å². The van der Waals surface area contributed by atoms with Gasteiger partial charge in [0.15, 0.2) is 0 Å². The predicted octanol–water partition coefficient (Wildman–Crippen LogP) is 1.45. The summed E-state index contributed by atoms with van der Waals surface area (Å²) >= 11 is 0. The van der Waals surface area contributed by atoms with Gasteiger partial charge in [-0.05, 0) is 37.0 Å². The largest absolute Gasteiger partial charge is 0.465 e. The molecule has 2 bridgehead atoms. The average Bonchev–Trinajstić information content (AvgIpc) is 2.85. The average molecular weight is 284 g/mol. The number of hydrogen-bond donors (Lipinski definition) is 1. The van der Waals surface area contributed by atoms with Crippen LogP contribution in [-0.2, 0) is 19.6 Å². The Balaban J connectivity index is 1.89. The zero-order valence-electron chi connectivity index (χ0n) is 9.51. The molecule has 5 nitrogen and oxygen atoms in total. The number of carbonyl (C=O) groups excluding carboxylic acids is 1. The standard InChI is InChI=1S/C10H14F2O5S/c11-10(12,18(14,15)16)9(13)17-5-8-4-6-1-2-7(8)3-6/h6-8H,1-5H2,(H,14,15,16). The van der Waals surface area contributed by atoms with Crippen LogP contribution in [0.3, 0.4) is 0 Å². The van der Waals surface area contributed by atoms with Gasteiger partial charge in [-0.2, -0.15) is 17.2 Å². The molecular weight excluding hydrogens is 270 g/mol. The summed E-state index contributed by atoms with van der Waals surface area (Å²) < 4.78 is 59.0. The van der Waals surface area contributed by atoms with E-state index in [-0.39, 0.29) is 12.5 Å². The summed E-state index contributed by atoms with van der Waals surface area (Å²) in [6.07, 6.45) is 3.98. The molecule has 0 radical (unpaired) electrons. The fourth-order valence-corrected chi connectivity index (χ4v) is 3.22. The van der Waals surface area contributed by atoms with E-state index in [1.807, 2.05) is 0 Å². The van der Waals surface area contributed by atoms with Gasteiger partial charge in [0.1, 0.15) is 0 Å². The van der Waals surface area contributed by atoms with Crippen LogP contribution >= 0.6 is 0 Å². The van der Waals surface area contributed by atoms with E-state index in [1.54, 1.807) is 0 Å². The second-order valence-corrected chi connectivity index (χ2v) is 6.49. The molecule has 1 N–H and O–H groups in total. The maximum atomic E-state index is 12.9. The van der Waals surface area contributed by atoms with Crippen molar-refractivity contribution in [1.29, 1.82) is 0 Å². The van der Waals surface area contributed by atoms with Crippen molar-refractivity contribution in [2.24, 2.45) is 17.8 Å². The van der Waals surface area contributed by atoms with E-state index in [1.165, 1.54) is 0 Å². The SMILES string of the molecule is O=C(OCC1CC2CCC1C2)C(F)(F)S(=O)(=O)O. The zero-order chi connectivity index (χ0) is 13.6. The van der Waals surface area contributed by atoms with E-state index in [0.717, 1.165) is 25.7 Å². The highest BCUT2D eigenvalue weighted by Crippen LogP contribution is 2.48. The van der Waals surface area contributed by atoms with Crippen molar-refractivity contribution in [3.63, 3.8) is 0 Å². The number of rotatable bonds is 4. The van der Waals surface area contributed by atoms with Gasteiger partial charge in [-0.25, -0.2) is 4.79 Å². The lowest BCUT2D eigenvalue weighted by Crippen LogP contribution is -2.39. The molecule has 0 spiro atoms. The van der Waals surface area contributed by atoms with Crippen molar-refractivity contribution >= 4 is 16.1 Å². The highest BCUT2D eigenvalue weighted by molar-refractivity contribution is 7.87. The molecule has 0 heterocycles. The third-order valence-corrected chi connectivity index (χ3v) is 4.69. The van der Waals surface area contributed by atoms with E-state index >= 15 is 0 Å². The molecule has 0 aromatic rings. The van der Waals surface area contributed by atoms with Crippen LogP contribution in [0.2, 0.25) is 0 Å². The molecule has 104 valence electrons. The van der Waals surface area contributed by atoms with Crippen molar-refractivity contribution < 1.29 is 31.3 Å². The summed E-state index contributed by atoms with van der Waals surface area (Å²) in [6, 6.07) is 0. The smallest absolute Gasteiger partial charge is 0.460 e. The fourth-order valence-electron chi connectivity index (χ4n) is 2.95. The topological polar surface area (TPSA) is 80.7 Å². The van der Waals surface area contributed by atoms with Gasteiger partial charge in [0.25, 0.3) is 0 Å². The lowest BCUT2D eigenvalue weighted by atomic mass is 9.90. The molecule has 2 rings (SSSR count). The van der Waals surface area contributed by atoms with Crippen molar-refractivity contribution in [2.45, 2.75) is 30.9 Å². The minimum atomic E-state index is -5.77. The van der Waals surface area contributed by atoms with Crippen LogP contribution in [0.25, 0.3) is 0 Å². The first kappa shape index (κ1) is 13.7. The Labute approximate surface area is 103 Å². The van der Waals surface area contributed by atoms with Crippen molar-refractivity contribution in [1.82, 2.24) is 0 Å².